The Morgan fingerprint density at radius 3 is 2.78 bits per heavy atom. The van der Waals surface area contributed by atoms with Gasteiger partial charge in [0.1, 0.15) is 10.7 Å². The third-order valence-electron chi connectivity index (χ3n) is 4.95. The van der Waals surface area contributed by atoms with Crippen LogP contribution < -0.4 is 5.56 Å². The van der Waals surface area contributed by atoms with Crippen LogP contribution >= 0.6 is 11.3 Å². The van der Waals surface area contributed by atoms with Crippen LogP contribution in [-0.4, -0.2) is 32.9 Å². The zero-order valence-corrected chi connectivity index (χ0v) is 15.0. The fourth-order valence-electron chi connectivity index (χ4n) is 3.39. The second-order valence-corrected chi connectivity index (χ2v) is 7.31. The van der Waals surface area contributed by atoms with Crippen molar-refractivity contribution < 1.29 is 4.79 Å². The minimum atomic E-state index is -0.0639. The van der Waals surface area contributed by atoms with E-state index in [-0.39, 0.29) is 11.5 Å². The summed E-state index contributed by atoms with van der Waals surface area (Å²) in [5, 5.41) is 0.594. The van der Waals surface area contributed by atoms with E-state index < -0.39 is 0 Å². The molecule has 0 aliphatic carbocycles. The molecule has 1 amide bonds. The molecule has 0 saturated carbocycles. The first-order valence-electron chi connectivity index (χ1n) is 8.23. The van der Waals surface area contributed by atoms with Crippen LogP contribution in [0, 0.1) is 13.8 Å². The number of likely N-dealkylation sites (tertiary alicyclic amines) is 1. The standard InChI is InChI=1S/C17H23N3O2S/c1-5-12-8-6-7-9-20(12)17(22)14-10(2)13-15(23-14)18-11(3)19(4)16(13)21/h12H,5-9H2,1-4H3. The maximum Gasteiger partial charge on any atom is 0.264 e. The summed E-state index contributed by atoms with van der Waals surface area (Å²) >= 11 is 1.36. The summed E-state index contributed by atoms with van der Waals surface area (Å²) in [6.45, 7) is 6.63. The van der Waals surface area contributed by atoms with Gasteiger partial charge >= 0.3 is 0 Å². The fraction of sp³-hybridized carbons (Fsp3) is 0.588. The van der Waals surface area contributed by atoms with Crippen molar-refractivity contribution >= 4 is 27.5 Å². The van der Waals surface area contributed by atoms with E-state index in [1.165, 1.54) is 17.8 Å². The Kier molecular flexibility index (Phi) is 4.27. The predicted octanol–water partition coefficient (Wildman–Crippen LogP) is 3.02. The average molecular weight is 333 g/mol. The van der Waals surface area contributed by atoms with E-state index in [9.17, 15) is 9.59 Å². The summed E-state index contributed by atoms with van der Waals surface area (Å²) in [6.07, 6.45) is 4.31. The zero-order valence-electron chi connectivity index (χ0n) is 14.2. The zero-order chi connectivity index (χ0) is 16.7. The molecule has 3 heterocycles. The lowest BCUT2D eigenvalue weighted by molar-refractivity contribution is 0.0612. The minimum Gasteiger partial charge on any atom is -0.335 e. The van der Waals surface area contributed by atoms with Gasteiger partial charge in [-0.05, 0) is 45.1 Å². The van der Waals surface area contributed by atoms with Crippen molar-refractivity contribution in [3.05, 3.63) is 26.6 Å². The number of fused-ring (bicyclic) bond motifs is 1. The van der Waals surface area contributed by atoms with Gasteiger partial charge in [0.05, 0.1) is 10.3 Å². The fourth-order valence-corrected chi connectivity index (χ4v) is 4.57. The molecule has 0 aromatic carbocycles. The lowest BCUT2D eigenvalue weighted by Gasteiger charge is -2.35. The first kappa shape index (κ1) is 16.2. The highest BCUT2D eigenvalue weighted by Crippen LogP contribution is 2.30. The van der Waals surface area contributed by atoms with E-state index in [2.05, 4.69) is 11.9 Å². The third-order valence-corrected chi connectivity index (χ3v) is 6.12. The van der Waals surface area contributed by atoms with E-state index >= 15 is 0 Å². The summed E-state index contributed by atoms with van der Waals surface area (Å²) in [6, 6.07) is 0.318. The Bertz CT molecular complexity index is 821. The number of carbonyl (C=O) groups is 1. The maximum atomic E-state index is 13.0. The van der Waals surface area contributed by atoms with Gasteiger partial charge in [-0.25, -0.2) is 4.98 Å². The molecule has 0 N–H and O–H groups in total. The van der Waals surface area contributed by atoms with Crippen molar-refractivity contribution in [3.8, 4) is 0 Å². The minimum absolute atomic E-state index is 0.0639. The van der Waals surface area contributed by atoms with Crippen LogP contribution in [0.2, 0.25) is 0 Å². The number of piperidine rings is 1. The number of aromatic nitrogens is 2. The molecule has 3 rings (SSSR count). The molecule has 1 aliphatic heterocycles. The van der Waals surface area contributed by atoms with Crippen molar-refractivity contribution in [3.63, 3.8) is 0 Å². The van der Waals surface area contributed by atoms with Gasteiger partial charge in [0.2, 0.25) is 0 Å². The summed E-state index contributed by atoms with van der Waals surface area (Å²) in [5.74, 6) is 0.740. The van der Waals surface area contributed by atoms with Crippen molar-refractivity contribution in [2.24, 2.45) is 7.05 Å². The van der Waals surface area contributed by atoms with Crippen LogP contribution in [0.3, 0.4) is 0 Å². The van der Waals surface area contributed by atoms with Crippen LogP contribution in [0.1, 0.15) is 53.7 Å². The molecule has 124 valence electrons. The van der Waals surface area contributed by atoms with E-state index in [4.69, 9.17) is 0 Å². The SMILES string of the molecule is CCC1CCCCN1C(=O)c1sc2nc(C)n(C)c(=O)c2c1C. The Hall–Kier alpha value is -1.69. The van der Waals surface area contributed by atoms with E-state index in [1.807, 2.05) is 18.7 Å². The molecule has 5 nitrogen and oxygen atoms in total. The summed E-state index contributed by atoms with van der Waals surface area (Å²) < 4.78 is 1.55. The molecule has 2 aromatic heterocycles. The first-order valence-corrected chi connectivity index (χ1v) is 9.05. The monoisotopic (exact) mass is 333 g/mol. The lowest BCUT2D eigenvalue weighted by Crippen LogP contribution is -2.43. The van der Waals surface area contributed by atoms with E-state index in [0.29, 0.717) is 27.0 Å². The molecular weight excluding hydrogens is 310 g/mol. The highest BCUT2D eigenvalue weighted by molar-refractivity contribution is 7.20. The summed E-state index contributed by atoms with van der Waals surface area (Å²) in [4.78, 5) is 33.4. The van der Waals surface area contributed by atoms with Gasteiger partial charge in [0, 0.05) is 19.6 Å². The van der Waals surface area contributed by atoms with Crippen LogP contribution in [-0.2, 0) is 7.05 Å². The molecule has 0 radical (unpaired) electrons. The van der Waals surface area contributed by atoms with Gasteiger partial charge in [-0.2, -0.15) is 0 Å². The largest absolute Gasteiger partial charge is 0.335 e. The second kappa shape index (κ2) is 6.07. The molecule has 1 fully saturated rings. The number of aryl methyl sites for hydroxylation is 2. The first-order chi connectivity index (χ1) is 11.0. The van der Waals surface area contributed by atoms with Crippen LogP contribution in [0.15, 0.2) is 4.79 Å². The van der Waals surface area contributed by atoms with Crippen LogP contribution in [0.25, 0.3) is 10.2 Å². The van der Waals surface area contributed by atoms with Crippen molar-refractivity contribution in [2.45, 2.75) is 52.5 Å². The topological polar surface area (TPSA) is 55.2 Å². The Balaban J connectivity index is 2.09. The van der Waals surface area contributed by atoms with Gasteiger partial charge in [-0.3, -0.25) is 14.2 Å². The van der Waals surface area contributed by atoms with Crippen molar-refractivity contribution in [1.29, 1.82) is 0 Å². The molecular formula is C17H23N3O2S. The number of rotatable bonds is 2. The number of hydrogen-bond acceptors (Lipinski definition) is 4. The third kappa shape index (κ3) is 2.59. The highest BCUT2D eigenvalue weighted by atomic mass is 32.1. The van der Waals surface area contributed by atoms with Gasteiger partial charge in [0.25, 0.3) is 11.5 Å². The smallest absolute Gasteiger partial charge is 0.264 e. The normalized spacial score (nSPS) is 18.6. The molecule has 1 unspecified atom stereocenters. The van der Waals surface area contributed by atoms with E-state index in [1.54, 1.807) is 11.6 Å². The van der Waals surface area contributed by atoms with Gasteiger partial charge in [-0.1, -0.05) is 6.92 Å². The molecule has 0 spiro atoms. The molecule has 2 aromatic rings. The molecule has 6 heteroatoms. The van der Waals surface area contributed by atoms with Crippen molar-refractivity contribution in [2.75, 3.05) is 6.54 Å². The molecule has 1 atom stereocenters. The van der Waals surface area contributed by atoms with E-state index in [0.717, 1.165) is 31.4 Å². The Morgan fingerprint density at radius 2 is 2.09 bits per heavy atom. The summed E-state index contributed by atoms with van der Waals surface area (Å²) in [5.41, 5.74) is 0.717. The van der Waals surface area contributed by atoms with Crippen molar-refractivity contribution in [1.82, 2.24) is 14.5 Å². The number of amides is 1. The molecule has 23 heavy (non-hydrogen) atoms. The maximum absolute atomic E-state index is 13.0. The average Bonchev–Trinajstić information content (AvgIpc) is 2.88. The summed E-state index contributed by atoms with van der Waals surface area (Å²) in [7, 11) is 1.72. The van der Waals surface area contributed by atoms with Gasteiger partial charge in [-0.15, -0.1) is 11.3 Å². The Morgan fingerprint density at radius 1 is 1.35 bits per heavy atom. The number of thiophene rings is 1. The van der Waals surface area contributed by atoms with Gasteiger partial charge < -0.3 is 4.90 Å². The molecule has 1 aliphatic rings. The lowest BCUT2D eigenvalue weighted by atomic mass is 9.99. The second-order valence-electron chi connectivity index (χ2n) is 6.32. The van der Waals surface area contributed by atoms with Crippen LogP contribution in [0.4, 0.5) is 0 Å². The predicted molar refractivity (Wildman–Crippen MR) is 93.3 cm³/mol. The number of hydrogen-bond donors (Lipinski definition) is 0. The number of carbonyl (C=O) groups excluding carboxylic acids is 1. The highest BCUT2D eigenvalue weighted by Gasteiger charge is 2.29. The van der Waals surface area contributed by atoms with Gasteiger partial charge in [0.15, 0.2) is 0 Å². The quantitative estimate of drug-likeness (QED) is 0.849. The molecule has 1 saturated heterocycles. The Labute approximate surface area is 139 Å². The molecule has 0 bridgehead atoms. The number of nitrogens with zero attached hydrogens (tertiary/aromatic N) is 3. The van der Waals surface area contributed by atoms with Crippen LogP contribution in [0.5, 0.6) is 0 Å².